The molecule has 0 saturated carbocycles. The van der Waals surface area contributed by atoms with Gasteiger partial charge >= 0.3 is 0 Å². The maximum atomic E-state index is 14.3. The molecule has 0 bridgehead atoms. The van der Waals surface area contributed by atoms with Gasteiger partial charge in [-0.3, -0.25) is 13.9 Å². The largest absolute Gasteiger partial charge is 0.497 e. The van der Waals surface area contributed by atoms with Gasteiger partial charge < -0.3 is 15.0 Å². The van der Waals surface area contributed by atoms with E-state index in [0.29, 0.717) is 18.0 Å². The zero-order valence-electron chi connectivity index (χ0n) is 25.2. The van der Waals surface area contributed by atoms with Crippen molar-refractivity contribution in [3.8, 4) is 5.75 Å². The van der Waals surface area contributed by atoms with Crippen LogP contribution in [0.3, 0.4) is 0 Å². The van der Waals surface area contributed by atoms with Crippen molar-refractivity contribution < 1.29 is 22.7 Å². The molecule has 3 aromatic rings. The van der Waals surface area contributed by atoms with Crippen LogP contribution in [0, 0.1) is 0 Å². The van der Waals surface area contributed by atoms with Gasteiger partial charge in [-0.2, -0.15) is 0 Å². The number of benzene rings is 3. The highest BCUT2D eigenvalue weighted by molar-refractivity contribution is 7.92. The molecule has 3 rings (SSSR count). The van der Waals surface area contributed by atoms with Gasteiger partial charge in [0.2, 0.25) is 21.8 Å². The number of unbranched alkanes of at least 4 members (excludes halogenated alkanes) is 1. The lowest BCUT2D eigenvalue weighted by Crippen LogP contribution is -2.53. The molecule has 0 aliphatic heterocycles. The van der Waals surface area contributed by atoms with E-state index in [1.807, 2.05) is 87.5 Å². The lowest BCUT2D eigenvalue weighted by molar-refractivity contribution is -0.140. The van der Waals surface area contributed by atoms with E-state index in [1.54, 1.807) is 19.2 Å². The number of hydrogen-bond donors (Lipinski definition) is 1. The number of rotatable bonds is 15. The summed E-state index contributed by atoms with van der Waals surface area (Å²) in [6.45, 7) is 6.14. The van der Waals surface area contributed by atoms with Crippen LogP contribution >= 0.6 is 0 Å². The minimum atomic E-state index is -3.84. The molecule has 2 amide bonds. The predicted molar refractivity (Wildman–Crippen MR) is 168 cm³/mol. The topological polar surface area (TPSA) is 96.0 Å². The normalized spacial score (nSPS) is 12.0. The summed E-state index contributed by atoms with van der Waals surface area (Å²) in [7, 11) is -2.28. The Bertz CT molecular complexity index is 1430. The van der Waals surface area contributed by atoms with E-state index in [-0.39, 0.29) is 24.8 Å². The highest BCUT2D eigenvalue weighted by Crippen LogP contribution is 2.29. The highest BCUT2D eigenvalue weighted by Gasteiger charge is 2.33. The third-order valence-electron chi connectivity index (χ3n) is 7.09. The second-order valence-electron chi connectivity index (χ2n) is 10.7. The van der Waals surface area contributed by atoms with Gasteiger partial charge in [0.25, 0.3) is 0 Å². The average molecular weight is 594 g/mol. The van der Waals surface area contributed by atoms with Gasteiger partial charge in [-0.05, 0) is 47.2 Å². The molecule has 3 aromatic carbocycles. The number of amides is 2. The fourth-order valence-electron chi connectivity index (χ4n) is 4.83. The molecule has 0 spiro atoms. The Morgan fingerprint density at radius 1 is 0.929 bits per heavy atom. The Balaban J connectivity index is 2.09. The second-order valence-corrected chi connectivity index (χ2v) is 12.6. The maximum absolute atomic E-state index is 14.3. The number of carbonyl (C=O) groups is 2. The Kier molecular flexibility index (Phi) is 12.0. The van der Waals surface area contributed by atoms with Crippen molar-refractivity contribution in [1.82, 2.24) is 10.2 Å². The molecule has 0 aliphatic rings. The van der Waals surface area contributed by atoms with Crippen molar-refractivity contribution in [2.24, 2.45) is 0 Å². The lowest BCUT2D eigenvalue weighted by Gasteiger charge is -2.34. The first kappa shape index (κ1) is 32.7. The standard InChI is InChI=1S/C33H43N3O5S/c1-6-7-20-34-33(38)31(22-26-14-9-8-10-15-26)35(23-27-16-13-17-28(21-27)41-4)32(37)24-36(42(5,39)40)30-19-12-11-18-29(30)25(2)3/h8-19,21,25,31H,6-7,20,22-24H2,1-5H3,(H,34,38)/t31-/m0/s1. The Morgan fingerprint density at radius 2 is 1.60 bits per heavy atom. The van der Waals surface area contributed by atoms with Crippen molar-refractivity contribution in [2.45, 2.75) is 58.5 Å². The SMILES string of the molecule is CCCCNC(=O)[C@H](Cc1ccccc1)N(Cc1cccc(OC)c1)C(=O)CN(c1ccccc1C(C)C)S(C)(=O)=O. The Hall–Kier alpha value is -3.85. The molecule has 0 aromatic heterocycles. The molecule has 0 saturated heterocycles. The number of anilines is 1. The van der Waals surface area contributed by atoms with E-state index in [1.165, 1.54) is 4.90 Å². The molecule has 0 aliphatic carbocycles. The van der Waals surface area contributed by atoms with E-state index < -0.39 is 28.5 Å². The smallest absolute Gasteiger partial charge is 0.244 e. The molecule has 0 unspecified atom stereocenters. The Morgan fingerprint density at radius 3 is 2.24 bits per heavy atom. The number of sulfonamides is 1. The summed E-state index contributed by atoms with van der Waals surface area (Å²) in [5.74, 6) is -0.107. The van der Waals surface area contributed by atoms with Crippen LogP contribution in [0.4, 0.5) is 5.69 Å². The summed E-state index contributed by atoms with van der Waals surface area (Å²) in [5, 5.41) is 3.00. The van der Waals surface area contributed by atoms with Crippen LogP contribution in [-0.2, 0) is 32.6 Å². The fraction of sp³-hybridized carbons (Fsp3) is 0.394. The summed E-state index contributed by atoms with van der Waals surface area (Å²) in [4.78, 5) is 29.5. The zero-order valence-corrected chi connectivity index (χ0v) is 26.1. The number of nitrogens with zero attached hydrogens (tertiary/aromatic N) is 2. The van der Waals surface area contributed by atoms with E-state index in [2.05, 4.69) is 5.32 Å². The van der Waals surface area contributed by atoms with E-state index in [0.717, 1.165) is 40.1 Å². The van der Waals surface area contributed by atoms with Crippen molar-refractivity contribution in [3.05, 3.63) is 95.6 Å². The minimum Gasteiger partial charge on any atom is -0.497 e. The van der Waals surface area contributed by atoms with Crippen molar-refractivity contribution in [2.75, 3.05) is 30.8 Å². The summed E-state index contributed by atoms with van der Waals surface area (Å²) in [6, 6.07) is 23.2. The fourth-order valence-corrected chi connectivity index (χ4v) is 5.69. The molecule has 226 valence electrons. The van der Waals surface area contributed by atoms with Gasteiger partial charge in [0.05, 0.1) is 19.1 Å². The van der Waals surface area contributed by atoms with Crippen LogP contribution < -0.4 is 14.4 Å². The summed E-state index contributed by atoms with van der Waals surface area (Å²) >= 11 is 0. The molecular weight excluding hydrogens is 550 g/mol. The molecule has 8 nitrogen and oxygen atoms in total. The maximum Gasteiger partial charge on any atom is 0.244 e. The molecular formula is C33H43N3O5S. The number of carbonyl (C=O) groups excluding carboxylic acids is 2. The monoisotopic (exact) mass is 593 g/mol. The molecule has 0 fully saturated rings. The number of methoxy groups -OCH3 is 1. The second kappa shape index (κ2) is 15.4. The quantitative estimate of drug-likeness (QED) is 0.246. The first-order valence-corrected chi connectivity index (χ1v) is 16.2. The third-order valence-corrected chi connectivity index (χ3v) is 8.22. The van der Waals surface area contributed by atoms with Gasteiger partial charge in [-0.15, -0.1) is 0 Å². The molecule has 42 heavy (non-hydrogen) atoms. The molecule has 9 heteroatoms. The van der Waals surface area contributed by atoms with Gasteiger partial charge in [0, 0.05) is 19.5 Å². The average Bonchev–Trinajstić information content (AvgIpc) is 2.97. The first-order chi connectivity index (χ1) is 20.0. The van der Waals surface area contributed by atoms with E-state index in [9.17, 15) is 18.0 Å². The van der Waals surface area contributed by atoms with Crippen LogP contribution in [-0.4, -0.2) is 57.6 Å². The number of hydrogen-bond acceptors (Lipinski definition) is 5. The van der Waals surface area contributed by atoms with Crippen molar-refractivity contribution in [1.29, 1.82) is 0 Å². The molecule has 1 N–H and O–H groups in total. The number of ether oxygens (including phenoxy) is 1. The van der Waals surface area contributed by atoms with E-state index in [4.69, 9.17) is 4.74 Å². The van der Waals surface area contributed by atoms with Crippen LogP contribution in [0.2, 0.25) is 0 Å². The van der Waals surface area contributed by atoms with Crippen LogP contribution in [0.25, 0.3) is 0 Å². The van der Waals surface area contributed by atoms with Gasteiger partial charge in [0.15, 0.2) is 0 Å². The molecule has 0 radical (unpaired) electrons. The number of para-hydroxylation sites is 1. The minimum absolute atomic E-state index is 0.0311. The van der Waals surface area contributed by atoms with Gasteiger partial charge in [-0.1, -0.05) is 87.9 Å². The Labute approximate surface area is 250 Å². The van der Waals surface area contributed by atoms with Crippen LogP contribution in [0.15, 0.2) is 78.9 Å². The predicted octanol–water partition coefficient (Wildman–Crippen LogP) is 5.14. The van der Waals surface area contributed by atoms with Gasteiger partial charge in [0.1, 0.15) is 18.3 Å². The molecule has 1 atom stereocenters. The third kappa shape index (κ3) is 9.08. The summed E-state index contributed by atoms with van der Waals surface area (Å²) in [5.41, 5.74) is 2.92. The lowest BCUT2D eigenvalue weighted by atomic mass is 10.0. The highest BCUT2D eigenvalue weighted by atomic mass is 32.2. The summed E-state index contributed by atoms with van der Waals surface area (Å²) in [6.07, 6.45) is 3.09. The first-order valence-electron chi connectivity index (χ1n) is 14.4. The van der Waals surface area contributed by atoms with E-state index >= 15 is 0 Å². The zero-order chi connectivity index (χ0) is 30.7. The van der Waals surface area contributed by atoms with Crippen molar-refractivity contribution in [3.63, 3.8) is 0 Å². The molecule has 0 heterocycles. The summed E-state index contributed by atoms with van der Waals surface area (Å²) < 4.78 is 32.8. The number of nitrogens with one attached hydrogen (secondary N) is 1. The van der Waals surface area contributed by atoms with Crippen molar-refractivity contribution >= 4 is 27.5 Å². The van der Waals surface area contributed by atoms with Gasteiger partial charge in [-0.25, -0.2) is 8.42 Å². The van der Waals surface area contributed by atoms with Crippen LogP contribution in [0.1, 0.15) is 56.2 Å². The van der Waals surface area contributed by atoms with Crippen LogP contribution in [0.5, 0.6) is 5.75 Å².